The molecular formula is C17H13F2O7S-. The molecule has 0 spiro atoms. The van der Waals surface area contributed by atoms with E-state index in [0.29, 0.717) is 10.8 Å². The average Bonchev–Trinajstić information content (AvgIpc) is 2.58. The first-order valence-electron chi connectivity index (χ1n) is 7.33. The fraction of sp³-hybridized carbons (Fsp3) is 0.176. The van der Waals surface area contributed by atoms with Crippen LogP contribution in [-0.4, -0.2) is 36.8 Å². The smallest absolute Gasteiger partial charge is 0.367 e. The second kappa shape index (κ2) is 7.41. The quantitative estimate of drug-likeness (QED) is 0.318. The molecule has 2 aromatic rings. The van der Waals surface area contributed by atoms with E-state index in [9.17, 15) is 31.3 Å². The first-order chi connectivity index (χ1) is 12.4. The summed E-state index contributed by atoms with van der Waals surface area (Å²) in [6.07, 6.45) is 0. The van der Waals surface area contributed by atoms with Gasteiger partial charge in [0.2, 0.25) is 0 Å². The summed E-state index contributed by atoms with van der Waals surface area (Å²) in [5.41, 5.74) is -0.381. The SMILES string of the molecule is C=C(C)C(=O)Oc1cc2ccccc2cc1C(=O)OCC(F)(F)S(=O)(=O)[O-]. The van der Waals surface area contributed by atoms with Crippen LogP contribution in [0.3, 0.4) is 0 Å². The minimum absolute atomic E-state index is 0.0199. The Morgan fingerprint density at radius 3 is 2.26 bits per heavy atom. The van der Waals surface area contributed by atoms with Crippen LogP contribution in [0.5, 0.6) is 5.75 Å². The molecule has 0 aromatic heterocycles. The summed E-state index contributed by atoms with van der Waals surface area (Å²) in [6.45, 7) is 2.78. The van der Waals surface area contributed by atoms with Gasteiger partial charge in [-0.05, 0) is 29.8 Å². The van der Waals surface area contributed by atoms with E-state index in [1.165, 1.54) is 19.1 Å². The zero-order valence-corrected chi connectivity index (χ0v) is 14.7. The van der Waals surface area contributed by atoms with Crippen LogP contribution in [0.15, 0.2) is 48.6 Å². The van der Waals surface area contributed by atoms with E-state index in [1.807, 2.05) is 0 Å². The molecule has 144 valence electrons. The number of hydrogen-bond acceptors (Lipinski definition) is 7. The lowest BCUT2D eigenvalue weighted by Crippen LogP contribution is -2.34. The number of benzene rings is 2. The van der Waals surface area contributed by atoms with Gasteiger partial charge >= 0.3 is 17.2 Å². The van der Waals surface area contributed by atoms with Gasteiger partial charge < -0.3 is 14.0 Å². The molecule has 0 atom stereocenters. The fourth-order valence-electron chi connectivity index (χ4n) is 1.95. The Hall–Kier alpha value is -2.85. The van der Waals surface area contributed by atoms with Crippen molar-refractivity contribution < 1.29 is 40.8 Å². The maximum Gasteiger partial charge on any atom is 0.367 e. The van der Waals surface area contributed by atoms with Crippen molar-refractivity contribution in [2.45, 2.75) is 12.2 Å². The van der Waals surface area contributed by atoms with Crippen LogP contribution in [0.25, 0.3) is 10.8 Å². The van der Waals surface area contributed by atoms with Crippen molar-refractivity contribution in [2.75, 3.05) is 6.61 Å². The number of ether oxygens (including phenoxy) is 2. The van der Waals surface area contributed by atoms with Crippen molar-refractivity contribution in [2.24, 2.45) is 0 Å². The van der Waals surface area contributed by atoms with Gasteiger partial charge in [0.25, 0.3) is 0 Å². The third kappa shape index (κ3) is 4.66. The minimum Gasteiger partial charge on any atom is -0.743 e. The van der Waals surface area contributed by atoms with Crippen molar-refractivity contribution in [3.8, 4) is 5.75 Å². The van der Waals surface area contributed by atoms with Crippen LogP contribution >= 0.6 is 0 Å². The van der Waals surface area contributed by atoms with Crippen molar-refractivity contribution in [3.63, 3.8) is 0 Å². The number of alkyl halides is 2. The highest BCUT2D eigenvalue weighted by atomic mass is 32.2. The van der Waals surface area contributed by atoms with Crippen molar-refractivity contribution in [3.05, 3.63) is 54.1 Å². The molecule has 0 aliphatic rings. The number of fused-ring (bicyclic) bond motifs is 1. The van der Waals surface area contributed by atoms with Crippen LogP contribution in [0.1, 0.15) is 17.3 Å². The first kappa shape index (κ1) is 20.5. The molecule has 2 rings (SSSR count). The van der Waals surface area contributed by atoms with Crippen molar-refractivity contribution >= 4 is 32.8 Å². The van der Waals surface area contributed by atoms with E-state index in [2.05, 4.69) is 11.3 Å². The first-order valence-corrected chi connectivity index (χ1v) is 8.74. The van der Waals surface area contributed by atoms with E-state index in [4.69, 9.17) is 4.74 Å². The molecule has 0 aliphatic carbocycles. The van der Waals surface area contributed by atoms with Gasteiger partial charge in [0.15, 0.2) is 16.7 Å². The zero-order chi connectivity index (χ0) is 20.4. The highest BCUT2D eigenvalue weighted by Crippen LogP contribution is 2.28. The Balaban J connectivity index is 2.40. The maximum absolute atomic E-state index is 13.2. The second-order valence-corrected chi connectivity index (χ2v) is 7.04. The fourth-order valence-corrected chi connectivity index (χ4v) is 2.15. The van der Waals surface area contributed by atoms with E-state index in [-0.39, 0.29) is 11.3 Å². The standard InChI is InChI=1S/C17H14F2O7S/c1-10(2)15(20)26-14-8-12-6-4-3-5-11(12)7-13(14)16(21)25-9-17(18,19)27(22,23)24/h3-8H,1,9H2,2H3,(H,22,23,24)/p-1. The van der Waals surface area contributed by atoms with Gasteiger partial charge in [0.1, 0.15) is 11.3 Å². The summed E-state index contributed by atoms with van der Waals surface area (Å²) < 4.78 is 67.2. The van der Waals surface area contributed by atoms with Crippen molar-refractivity contribution in [1.82, 2.24) is 0 Å². The molecule has 0 N–H and O–H groups in total. The Kier molecular flexibility index (Phi) is 5.62. The highest BCUT2D eigenvalue weighted by Gasteiger charge is 2.39. The lowest BCUT2D eigenvalue weighted by atomic mass is 10.1. The molecule has 0 fully saturated rings. The summed E-state index contributed by atoms with van der Waals surface area (Å²) in [5, 5.41) is -3.72. The molecular weight excluding hydrogens is 386 g/mol. The zero-order valence-electron chi connectivity index (χ0n) is 13.9. The van der Waals surface area contributed by atoms with Gasteiger partial charge in [-0.25, -0.2) is 18.0 Å². The number of rotatable bonds is 6. The summed E-state index contributed by atoms with van der Waals surface area (Å²) in [4.78, 5) is 23.9. The topological polar surface area (TPSA) is 110 Å². The summed E-state index contributed by atoms with van der Waals surface area (Å²) >= 11 is 0. The largest absolute Gasteiger partial charge is 0.743 e. The van der Waals surface area contributed by atoms with Gasteiger partial charge in [-0.1, -0.05) is 30.8 Å². The second-order valence-electron chi connectivity index (χ2n) is 5.53. The van der Waals surface area contributed by atoms with E-state index in [0.717, 1.165) is 0 Å². The van der Waals surface area contributed by atoms with Gasteiger partial charge in [-0.15, -0.1) is 0 Å². The number of carbonyl (C=O) groups excluding carboxylic acids is 2. The lowest BCUT2D eigenvalue weighted by molar-refractivity contribution is -0.130. The van der Waals surface area contributed by atoms with Crippen LogP contribution in [0.2, 0.25) is 0 Å². The van der Waals surface area contributed by atoms with Gasteiger partial charge in [0.05, 0.1) is 0 Å². The molecule has 0 amide bonds. The van der Waals surface area contributed by atoms with Gasteiger partial charge in [-0.3, -0.25) is 0 Å². The Morgan fingerprint density at radius 2 is 1.74 bits per heavy atom. The summed E-state index contributed by atoms with van der Waals surface area (Å²) in [6, 6.07) is 9.13. The normalized spacial score (nSPS) is 11.9. The number of carbonyl (C=O) groups is 2. The predicted octanol–water partition coefficient (Wildman–Crippen LogP) is 2.62. The molecule has 0 radical (unpaired) electrons. The van der Waals surface area contributed by atoms with Crippen LogP contribution in [-0.2, 0) is 19.6 Å². The monoisotopic (exact) mass is 399 g/mol. The number of halogens is 2. The molecule has 0 bridgehead atoms. The van der Waals surface area contributed by atoms with E-state index >= 15 is 0 Å². The van der Waals surface area contributed by atoms with E-state index < -0.39 is 39.5 Å². The molecule has 0 saturated heterocycles. The molecule has 0 heterocycles. The number of esters is 2. The van der Waals surface area contributed by atoms with Crippen LogP contribution in [0.4, 0.5) is 8.78 Å². The molecule has 0 aliphatic heterocycles. The molecule has 7 nitrogen and oxygen atoms in total. The predicted molar refractivity (Wildman–Crippen MR) is 89.3 cm³/mol. The van der Waals surface area contributed by atoms with Gasteiger partial charge in [-0.2, -0.15) is 8.78 Å². The number of hydrogen-bond donors (Lipinski definition) is 0. The lowest BCUT2D eigenvalue weighted by Gasteiger charge is -2.19. The van der Waals surface area contributed by atoms with Gasteiger partial charge in [0, 0.05) is 5.57 Å². The van der Waals surface area contributed by atoms with E-state index in [1.54, 1.807) is 24.3 Å². The third-order valence-electron chi connectivity index (χ3n) is 3.36. The maximum atomic E-state index is 13.2. The molecule has 2 aromatic carbocycles. The third-order valence-corrected chi connectivity index (χ3v) is 4.21. The molecule has 10 heteroatoms. The Morgan fingerprint density at radius 1 is 1.19 bits per heavy atom. The van der Waals surface area contributed by atoms with Crippen LogP contribution < -0.4 is 4.74 Å². The Bertz CT molecular complexity index is 1030. The Labute approximate surface area is 152 Å². The summed E-state index contributed by atoms with van der Waals surface area (Å²) in [5.74, 6) is -2.56. The molecule has 0 unspecified atom stereocenters. The minimum atomic E-state index is -6.01. The molecule has 27 heavy (non-hydrogen) atoms. The molecule has 0 saturated carbocycles. The van der Waals surface area contributed by atoms with Crippen molar-refractivity contribution in [1.29, 1.82) is 0 Å². The van der Waals surface area contributed by atoms with Crippen LogP contribution in [0, 0.1) is 0 Å². The summed E-state index contributed by atoms with van der Waals surface area (Å²) in [7, 11) is -6.01. The average molecular weight is 399 g/mol. The highest BCUT2D eigenvalue weighted by molar-refractivity contribution is 7.86.